The lowest BCUT2D eigenvalue weighted by Crippen LogP contribution is -1.90. The second kappa shape index (κ2) is 2.85. The van der Waals surface area contributed by atoms with Crippen LogP contribution in [-0.2, 0) is 6.42 Å². The van der Waals surface area contributed by atoms with Crippen LogP contribution in [0.5, 0.6) is 0 Å². The Balaban J connectivity index is 2.35. The van der Waals surface area contributed by atoms with Crippen molar-refractivity contribution in [2.45, 2.75) is 6.42 Å². The maximum atomic E-state index is 4.30. The third-order valence-electron chi connectivity index (χ3n) is 1.81. The van der Waals surface area contributed by atoms with Crippen molar-refractivity contribution < 1.29 is 0 Å². The number of hydrogen-bond acceptors (Lipinski definition) is 3. The van der Waals surface area contributed by atoms with Crippen LogP contribution < -0.4 is 0 Å². The summed E-state index contributed by atoms with van der Waals surface area (Å²) in [5.74, 6) is 0.804. The first-order valence-corrected chi connectivity index (χ1v) is 3.85. The number of benzene rings is 1. The highest BCUT2D eigenvalue weighted by atomic mass is 15.1. The lowest BCUT2D eigenvalue weighted by atomic mass is 10.1. The Morgan fingerprint density at radius 1 is 1.33 bits per heavy atom. The van der Waals surface area contributed by atoms with Crippen molar-refractivity contribution in [1.82, 2.24) is 0 Å². The Bertz CT molecular complexity index is 353. The van der Waals surface area contributed by atoms with Crippen molar-refractivity contribution in [1.29, 1.82) is 0 Å². The molecule has 0 aliphatic carbocycles. The van der Waals surface area contributed by atoms with Gasteiger partial charge in [-0.15, -0.1) is 5.11 Å². The second-order valence-electron chi connectivity index (χ2n) is 2.63. The quantitative estimate of drug-likeness (QED) is 0.521. The van der Waals surface area contributed by atoms with Gasteiger partial charge in [0.05, 0.1) is 5.69 Å². The van der Waals surface area contributed by atoms with Crippen LogP contribution >= 0.6 is 0 Å². The number of nitrogens with zero attached hydrogens (tertiary/aromatic N) is 3. The SMILES string of the molecule is CN=NC1=Nc2ccccc2C1. The number of fused-ring (bicyclic) bond motifs is 1. The number of hydrogen-bond donors (Lipinski definition) is 0. The number of amidine groups is 1. The zero-order valence-corrected chi connectivity index (χ0v) is 6.86. The molecule has 0 fully saturated rings. The highest BCUT2D eigenvalue weighted by Gasteiger charge is 2.12. The van der Waals surface area contributed by atoms with Gasteiger partial charge in [0.2, 0.25) is 0 Å². The van der Waals surface area contributed by atoms with E-state index in [1.165, 1.54) is 5.56 Å². The average Bonchev–Trinajstić information content (AvgIpc) is 2.47. The summed E-state index contributed by atoms with van der Waals surface area (Å²) in [5, 5.41) is 7.61. The number of rotatable bonds is 0. The van der Waals surface area contributed by atoms with E-state index in [4.69, 9.17) is 0 Å². The topological polar surface area (TPSA) is 37.1 Å². The van der Waals surface area contributed by atoms with Crippen molar-refractivity contribution >= 4 is 11.5 Å². The number of azo groups is 1. The van der Waals surface area contributed by atoms with Gasteiger partial charge in [-0.1, -0.05) is 18.2 Å². The molecular weight excluding hydrogens is 150 g/mol. The van der Waals surface area contributed by atoms with Crippen LogP contribution in [0.3, 0.4) is 0 Å². The van der Waals surface area contributed by atoms with Crippen molar-refractivity contribution in [3.8, 4) is 0 Å². The molecule has 12 heavy (non-hydrogen) atoms. The third kappa shape index (κ3) is 1.13. The zero-order valence-electron chi connectivity index (χ0n) is 6.86. The summed E-state index contributed by atoms with van der Waals surface area (Å²) in [6.07, 6.45) is 0.813. The van der Waals surface area contributed by atoms with Crippen molar-refractivity contribution in [2.24, 2.45) is 15.2 Å². The number of aliphatic imine (C=N–C) groups is 1. The normalized spacial score (nSPS) is 14.9. The van der Waals surface area contributed by atoms with Crippen LogP contribution in [-0.4, -0.2) is 12.9 Å². The molecule has 0 spiro atoms. The molecule has 1 heterocycles. The zero-order chi connectivity index (χ0) is 8.39. The minimum absolute atomic E-state index is 0.804. The van der Waals surface area contributed by atoms with Crippen LogP contribution in [0.4, 0.5) is 5.69 Å². The smallest absolute Gasteiger partial charge is 0.155 e. The van der Waals surface area contributed by atoms with Gasteiger partial charge in [0.25, 0.3) is 0 Å². The molecule has 1 aromatic rings. The Morgan fingerprint density at radius 2 is 2.17 bits per heavy atom. The van der Waals surface area contributed by atoms with Gasteiger partial charge in [-0.3, -0.25) is 0 Å². The molecule has 3 heteroatoms. The molecule has 0 radical (unpaired) electrons. The van der Waals surface area contributed by atoms with Gasteiger partial charge in [-0.25, -0.2) is 4.99 Å². The fraction of sp³-hybridized carbons (Fsp3) is 0.222. The maximum Gasteiger partial charge on any atom is 0.155 e. The minimum Gasteiger partial charge on any atom is -0.231 e. The molecule has 0 unspecified atom stereocenters. The molecule has 3 nitrogen and oxygen atoms in total. The molecule has 0 aromatic heterocycles. The van der Waals surface area contributed by atoms with Gasteiger partial charge in [-0.05, 0) is 11.6 Å². The Labute approximate surface area is 70.9 Å². The largest absolute Gasteiger partial charge is 0.231 e. The van der Waals surface area contributed by atoms with Gasteiger partial charge in [-0.2, -0.15) is 5.11 Å². The molecule has 1 aliphatic heterocycles. The Kier molecular flexibility index (Phi) is 1.70. The molecule has 0 bridgehead atoms. The third-order valence-corrected chi connectivity index (χ3v) is 1.81. The molecule has 0 atom stereocenters. The molecule has 60 valence electrons. The fourth-order valence-corrected chi connectivity index (χ4v) is 1.29. The molecule has 2 rings (SSSR count). The number of para-hydroxylation sites is 1. The lowest BCUT2D eigenvalue weighted by Gasteiger charge is -1.91. The van der Waals surface area contributed by atoms with E-state index < -0.39 is 0 Å². The first-order valence-electron chi connectivity index (χ1n) is 3.85. The van der Waals surface area contributed by atoms with E-state index in [1.54, 1.807) is 7.05 Å². The molecule has 1 aromatic carbocycles. The van der Waals surface area contributed by atoms with Gasteiger partial charge in [0.1, 0.15) is 0 Å². The summed E-state index contributed by atoms with van der Waals surface area (Å²) < 4.78 is 0. The van der Waals surface area contributed by atoms with E-state index in [1.807, 2.05) is 18.2 Å². The summed E-state index contributed by atoms with van der Waals surface area (Å²) in [4.78, 5) is 4.30. The van der Waals surface area contributed by atoms with E-state index in [9.17, 15) is 0 Å². The standard InChI is InChI=1S/C9H9N3/c1-10-12-9-6-7-4-2-3-5-8(7)11-9/h2-5H,6H2,1H3. The summed E-state index contributed by atoms with van der Waals surface area (Å²) in [7, 11) is 1.66. The van der Waals surface area contributed by atoms with Crippen molar-refractivity contribution in [3.05, 3.63) is 29.8 Å². The van der Waals surface area contributed by atoms with Crippen LogP contribution in [0.1, 0.15) is 5.56 Å². The predicted octanol–water partition coefficient (Wildman–Crippen LogP) is 2.35. The minimum atomic E-state index is 0.804. The molecule has 0 N–H and O–H groups in total. The van der Waals surface area contributed by atoms with Gasteiger partial charge < -0.3 is 0 Å². The first kappa shape index (κ1) is 7.16. The fourth-order valence-electron chi connectivity index (χ4n) is 1.29. The highest BCUT2D eigenvalue weighted by molar-refractivity contribution is 5.92. The summed E-state index contributed by atoms with van der Waals surface area (Å²) in [5.41, 5.74) is 2.26. The van der Waals surface area contributed by atoms with Crippen molar-refractivity contribution in [2.75, 3.05) is 7.05 Å². The van der Waals surface area contributed by atoms with E-state index in [2.05, 4.69) is 21.3 Å². The summed E-state index contributed by atoms with van der Waals surface area (Å²) in [6, 6.07) is 8.05. The van der Waals surface area contributed by atoms with Crippen LogP contribution in [0, 0.1) is 0 Å². The van der Waals surface area contributed by atoms with E-state index in [0.29, 0.717) is 0 Å². The van der Waals surface area contributed by atoms with E-state index >= 15 is 0 Å². The second-order valence-corrected chi connectivity index (χ2v) is 2.63. The van der Waals surface area contributed by atoms with Crippen LogP contribution in [0.2, 0.25) is 0 Å². The van der Waals surface area contributed by atoms with E-state index in [0.717, 1.165) is 17.9 Å². The lowest BCUT2D eigenvalue weighted by molar-refractivity contribution is 1.17. The Hall–Kier alpha value is -1.51. The molecule has 0 saturated heterocycles. The first-order chi connectivity index (χ1) is 5.90. The molecular formula is C9H9N3. The van der Waals surface area contributed by atoms with E-state index in [-0.39, 0.29) is 0 Å². The van der Waals surface area contributed by atoms with Gasteiger partial charge in [0, 0.05) is 13.5 Å². The van der Waals surface area contributed by atoms with Crippen molar-refractivity contribution in [3.63, 3.8) is 0 Å². The van der Waals surface area contributed by atoms with Crippen LogP contribution in [0.25, 0.3) is 0 Å². The monoisotopic (exact) mass is 159 g/mol. The van der Waals surface area contributed by atoms with Crippen LogP contribution in [0.15, 0.2) is 39.5 Å². The molecule has 0 saturated carbocycles. The van der Waals surface area contributed by atoms with Gasteiger partial charge in [0.15, 0.2) is 5.84 Å². The van der Waals surface area contributed by atoms with Gasteiger partial charge >= 0.3 is 0 Å². The maximum absolute atomic E-state index is 4.30. The predicted molar refractivity (Wildman–Crippen MR) is 48.0 cm³/mol. The highest BCUT2D eigenvalue weighted by Crippen LogP contribution is 2.25. The summed E-state index contributed by atoms with van der Waals surface area (Å²) >= 11 is 0. The Morgan fingerprint density at radius 3 is 2.92 bits per heavy atom. The summed E-state index contributed by atoms with van der Waals surface area (Å²) in [6.45, 7) is 0. The molecule has 0 amide bonds. The average molecular weight is 159 g/mol. The molecule has 1 aliphatic rings.